The van der Waals surface area contributed by atoms with E-state index in [-0.39, 0.29) is 5.97 Å². The number of esters is 1. The van der Waals surface area contributed by atoms with E-state index in [0.29, 0.717) is 24.5 Å². The first-order valence-corrected chi connectivity index (χ1v) is 8.40. The molecule has 0 bridgehead atoms. The van der Waals surface area contributed by atoms with E-state index in [9.17, 15) is 4.79 Å². The number of carbonyl (C=O) groups excluding carboxylic acids is 1. The smallest absolute Gasteiger partial charge is 0.343 e. The highest BCUT2D eigenvalue weighted by Gasteiger charge is 2.39. The van der Waals surface area contributed by atoms with Gasteiger partial charge in [-0.1, -0.05) is 24.3 Å². The zero-order chi connectivity index (χ0) is 18.1. The standard InChI is InChI=1S/C19H19N5O2/c1-19(2)15-7-8-21-17(16(15)18(25)26-19)22-9-13-5-3-4-6-14(13)10-24-12-20-11-23-24/h3-8,11-12H,9-10H2,1-2H3,(H,21,22). The largest absolute Gasteiger partial charge is 0.451 e. The molecule has 0 aliphatic carbocycles. The summed E-state index contributed by atoms with van der Waals surface area (Å²) in [4.78, 5) is 20.6. The minimum Gasteiger partial charge on any atom is -0.451 e. The first-order chi connectivity index (χ1) is 12.5. The molecule has 0 spiro atoms. The third-order valence-corrected chi connectivity index (χ3v) is 4.52. The number of hydrogen-bond acceptors (Lipinski definition) is 6. The first-order valence-electron chi connectivity index (χ1n) is 8.40. The SMILES string of the molecule is CC1(C)OC(=O)c2c1ccnc2NCc1ccccc1Cn1cncn1. The number of ether oxygens (including phenoxy) is 1. The number of rotatable bonds is 5. The number of carbonyl (C=O) groups is 1. The zero-order valence-corrected chi connectivity index (χ0v) is 14.6. The molecule has 26 heavy (non-hydrogen) atoms. The van der Waals surface area contributed by atoms with Gasteiger partial charge in [-0.2, -0.15) is 5.10 Å². The van der Waals surface area contributed by atoms with Crippen LogP contribution in [0.3, 0.4) is 0 Å². The van der Waals surface area contributed by atoms with Crippen molar-refractivity contribution in [2.45, 2.75) is 32.5 Å². The minimum absolute atomic E-state index is 0.337. The van der Waals surface area contributed by atoms with E-state index >= 15 is 0 Å². The van der Waals surface area contributed by atoms with Gasteiger partial charge in [0.25, 0.3) is 0 Å². The predicted octanol–water partition coefficient (Wildman–Crippen LogP) is 2.74. The quantitative estimate of drug-likeness (QED) is 0.713. The van der Waals surface area contributed by atoms with E-state index in [1.165, 1.54) is 6.33 Å². The fraction of sp³-hybridized carbons (Fsp3) is 0.263. The van der Waals surface area contributed by atoms with Gasteiger partial charge in [-0.15, -0.1) is 0 Å². The molecule has 4 rings (SSSR count). The second-order valence-electron chi connectivity index (χ2n) is 6.70. The van der Waals surface area contributed by atoms with Gasteiger partial charge in [-0.3, -0.25) is 0 Å². The fourth-order valence-electron chi connectivity index (χ4n) is 3.19. The summed E-state index contributed by atoms with van der Waals surface area (Å²) >= 11 is 0. The molecule has 0 unspecified atom stereocenters. The van der Waals surface area contributed by atoms with Crippen LogP contribution in [0.15, 0.2) is 49.2 Å². The highest BCUT2D eigenvalue weighted by Crippen LogP contribution is 2.38. The molecule has 0 fully saturated rings. The van der Waals surface area contributed by atoms with E-state index in [2.05, 4.69) is 26.4 Å². The lowest BCUT2D eigenvalue weighted by Gasteiger charge is -2.17. The number of anilines is 1. The number of cyclic esters (lactones) is 1. The van der Waals surface area contributed by atoms with Gasteiger partial charge >= 0.3 is 5.97 Å². The molecular formula is C19H19N5O2. The van der Waals surface area contributed by atoms with Crippen LogP contribution in [-0.2, 0) is 23.4 Å². The zero-order valence-electron chi connectivity index (χ0n) is 14.6. The number of nitrogens with one attached hydrogen (secondary N) is 1. The maximum atomic E-state index is 12.3. The molecule has 0 saturated carbocycles. The Bertz CT molecular complexity index is 950. The monoisotopic (exact) mass is 349 g/mol. The predicted molar refractivity (Wildman–Crippen MR) is 95.6 cm³/mol. The van der Waals surface area contributed by atoms with Crippen LogP contribution < -0.4 is 5.32 Å². The molecule has 132 valence electrons. The molecule has 0 saturated heterocycles. The number of hydrogen-bond donors (Lipinski definition) is 1. The maximum Gasteiger partial charge on any atom is 0.343 e. The molecule has 0 atom stereocenters. The Kier molecular flexibility index (Phi) is 3.91. The molecule has 0 radical (unpaired) electrons. The van der Waals surface area contributed by atoms with Crippen LogP contribution in [-0.4, -0.2) is 25.7 Å². The summed E-state index contributed by atoms with van der Waals surface area (Å²) in [7, 11) is 0. The summed E-state index contributed by atoms with van der Waals surface area (Å²) < 4.78 is 7.24. The van der Waals surface area contributed by atoms with E-state index in [1.807, 2.05) is 38.1 Å². The van der Waals surface area contributed by atoms with Crippen molar-refractivity contribution in [2.24, 2.45) is 0 Å². The van der Waals surface area contributed by atoms with Crippen molar-refractivity contribution in [1.82, 2.24) is 19.7 Å². The van der Waals surface area contributed by atoms with E-state index in [1.54, 1.807) is 17.2 Å². The normalized spacial score (nSPS) is 14.8. The van der Waals surface area contributed by atoms with Crippen molar-refractivity contribution < 1.29 is 9.53 Å². The highest BCUT2D eigenvalue weighted by molar-refractivity contribution is 5.99. The van der Waals surface area contributed by atoms with Crippen molar-refractivity contribution in [1.29, 1.82) is 0 Å². The van der Waals surface area contributed by atoms with Crippen molar-refractivity contribution >= 4 is 11.8 Å². The van der Waals surface area contributed by atoms with Crippen LogP contribution >= 0.6 is 0 Å². The minimum atomic E-state index is -0.628. The number of nitrogens with zero attached hydrogens (tertiary/aromatic N) is 4. The van der Waals surface area contributed by atoms with Crippen LogP contribution in [0.5, 0.6) is 0 Å². The molecule has 3 heterocycles. The van der Waals surface area contributed by atoms with Gasteiger partial charge in [0.2, 0.25) is 0 Å². The summed E-state index contributed by atoms with van der Waals surface area (Å²) in [5.41, 5.74) is 2.98. The molecule has 2 aromatic heterocycles. The highest BCUT2D eigenvalue weighted by atomic mass is 16.6. The van der Waals surface area contributed by atoms with Gasteiger partial charge in [0.15, 0.2) is 0 Å². The van der Waals surface area contributed by atoms with Gasteiger partial charge in [-0.25, -0.2) is 19.4 Å². The lowest BCUT2D eigenvalue weighted by molar-refractivity contribution is 0.00958. The second kappa shape index (κ2) is 6.25. The summed E-state index contributed by atoms with van der Waals surface area (Å²) in [6.07, 6.45) is 4.91. The summed E-state index contributed by atoms with van der Waals surface area (Å²) in [6, 6.07) is 9.92. The number of benzene rings is 1. The number of pyridine rings is 1. The van der Waals surface area contributed by atoms with Crippen LogP contribution in [0.4, 0.5) is 5.82 Å². The molecule has 7 nitrogen and oxygen atoms in total. The van der Waals surface area contributed by atoms with E-state index in [0.717, 1.165) is 16.7 Å². The molecule has 3 aromatic rings. The van der Waals surface area contributed by atoms with E-state index < -0.39 is 5.60 Å². The summed E-state index contributed by atoms with van der Waals surface area (Å²) in [5.74, 6) is 0.213. The Morgan fingerprint density at radius 1 is 1.19 bits per heavy atom. The Labute approximate surface area is 151 Å². The lowest BCUT2D eigenvalue weighted by atomic mass is 9.97. The average Bonchev–Trinajstić information content (AvgIpc) is 3.21. The summed E-state index contributed by atoms with van der Waals surface area (Å²) in [5, 5.41) is 7.45. The van der Waals surface area contributed by atoms with E-state index in [4.69, 9.17) is 4.74 Å². The van der Waals surface area contributed by atoms with Gasteiger partial charge < -0.3 is 10.1 Å². The first kappa shape index (κ1) is 16.3. The Balaban J connectivity index is 1.58. The topological polar surface area (TPSA) is 81.9 Å². The third-order valence-electron chi connectivity index (χ3n) is 4.52. The fourth-order valence-corrected chi connectivity index (χ4v) is 3.19. The van der Waals surface area contributed by atoms with Gasteiger partial charge in [0.1, 0.15) is 29.6 Å². The van der Waals surface area contributed by atoms with Crippen molar-refractivity contribution in [2.75, 3.05) is 5.32 Å². The van der Waals surface area contributed by atoms with Gasteiger partial charge in [-0.05, 0) is 31.0 Å². The van der Waals surface area contributed by atoms with Crippen LogP contribution in [0.1, 0.15) is 40.9 Å². The summed E-state index contributed by atoms with van der Waals surface area (Å²) in [6.45, 7) is 4.94. The second-order valence-corrected chi connectivity index (χ2v) is 6.70. The molecule has 0 amide bonds. The molecular weight excluding hydrogens is 330 g/mol. The Hall–Kier alpha value is -3.22. The van der Waals surface area contributed by atoms with Crippen LogP contribution in [0.25, 0.3) is 0 Å². The number of aromatic nitrogens is 4. The number of fused-ring (bicyclic) bond motifs is 1. The van der Waals surface area contributed by atoms with Crippen LogP contribution in [0, 0.1) is 0 Å². The van der Waals surface area contributed by atoms with Crippen LogP contribution in [0.2, 0.25) is 0 Å². The lowest BCUT2D eigenvalue weighted by Crippen LogP contribution is -2.15. The average molecular weight is 349 g/mol. The van der Waals surface area contributed by atoms with Gasteiger partial charge in [0, 0.05) is 18.3 Å². The Morgan fingerprint density at radius 3 is 2.77 bits per heavy atom. The van der Waals surface area contributed by atoms with Crippen molar-refractivity contribution in [3.8, 4) is 0 Å². The Morgan fingerprint density at radius 2 is 2.00 bits per heavy atom. The van der Waals surface area contributed by atoms with Crippen molar-refractivity contribution in [3.63, 3.8) is 0 Å². The molecule has 7 heteroatoms. The molecule has 1 aliphatic heterocycles. The molecule has 1 aromatic carbocycles. The third kappa shape index (κ3) is 2.92. The maximum absolute atomic E-state index is 12.3. The molecule has 1 N–H and O–H groups in total. The van der Waals surface area contributed by atoms with Gasteiger partial charge in [0.05, 0.1) is 6.54 Å². The van der Waals surface area contributed by atoms with Crippen molar-refractivity contribution in [3.05, 3.63) is 71.4 Å². The molecule has 1 aliphatic rings.